The number of hydrogen-bond acceptors (Lipinski definition) is 3. The minimum absolute atomic E-state index is 0.0145. The second kappa shape index (κ2) is 4.62. The Balaban J connectivity index is 2.15. The molecule has 0 spiro atoms. The minimum atomic E-state index is -0.0268. The number of nitrogens with zero attached hydrogens (tertiary/aromatic N) is 2. The van der Waals surface area contributed by atoms with Crippen LogP contribution in [0.1, 0.15) is 34.7 Å². The molecule has 0 bridgehead atoms. The highest BCUT2D eigenvalue weighted by Gasteiger charge is 2.26. The summed E-state index contributed by atoms with van der Waals surface area (Å²) >= 11 is 0. The van der Waals surface area contributed by atoms with Crippen LogP contribution in [0.4, 0.5) is 0 Å². The Bertz CT molecular complexity index is 470. The molecule has 1 atom stereocenters. The fraction of sp³-hybridized carbons (Fsp3) is 0.538. The molecular formula is C13H16N2O2. The number of hydrogen-bond donors (Lipinski definition) is 0. The van der Waals surface area contributed by atoms with Gasteiger partial charge in [0.15, 0.2) is 0 Å². The predicted molar refractivity (Wildman–Crippen MR) is 62.4 cm³/mol. The van der Waals surface area contributed by atoms with E-state index in [0.717, 1.165) is 25.1 Å². The van der Waals surface area contributed by atoms with Crippen LogP contribution in [0.3, 0.4) is 0 Å². The molecule has 1 aliphatic heterocycles. The molecule has 90 valence electrons. The van der Waals surface area contributed by atoms with Crippen molar-refractivity contribution in [2.45, 2.75) is 26.7 Å². The van der Waals surface area contributed by atoms with E-state index in [1.54, 1.807) is 17.9 Å². The summed E-state index contributed by atoms with van der Waals surface area (Å²) in [6.45, 7) is 4.91. The Morgan fingerprint density at radius 3 is 2.94 bits per heavy atom. The Morgan fingerprint density at radius 1 is 1.59 bits per heavy atom. The molecule has 0 aromatic carbocycles. The zero-order valence-corrected chi connectivity index (χ0v) is 10.2. The van der Waals surface area contributed by atoms with Crippen LogP contribution in [0.15, 0.2) is 10.5 Å². The third kappa shape index (κ3) is 2.33. The normalized spacial score (nSPS) is 20.1. The smallest absolute Gasteiger partial charge is 0.257 e. The second-order valence-electron chi connectivity index (χ2n) is 4.55. The molecule has 2 rings (SSSR count). The molecule has 2 heterocycles. The van der Waals surface area contributed by atoms with Gasteiger partial charge in [-0.05, 0) is 32.8 Å². The van der Waals surface area contributed by atoms with Crippen LogP contribution < -0.4 is 0 Å². The van der Waals surface area contributed by atoms with Crippen LogP contribution >= 0.6 is 0 Å². The van der Waals surface area contributed by atoms with Gasteiger partial charge in [-0.15, -0.1) is 0 Å². The van der Waals surface area contributed by atoms with Gasteiger partial charge in [0, 0.05) is 13.1 Å². The lowest BCUT2D eigenvalue weighted by Crippen LogP contribution is -2.39. The van der Waals surface area contributed by atoms with Gasteiger partial charge in [0.1, 0.15) is 11.5 Å². The first-order chi connectivity index (χ1) is 8.11. The molecular weight excluding hydrogens is 216 g/mol. The van der Waals surface area contributed by atoms with Crippen LogP contribution in [0.5, 0.6) is 0 Å². The molecule has 4 heteroatoms. The number of nitriles is 1. The first-order valence-electron chi connectivity index (χ1n) is 5.87. The van der Waals surface area contributed by atoms with Crippen molar-refractivity contribution < 1.29 is 9.21 Å². The van der Waals surface area contributed by atoms with Crippen molar-refractivity contribution in [3.63, 3.8) is 0 Å². The summed E-state index contributed by atoms with van der Waals surface area (Å²) in [5.41, 5.74) is 0.626. The summed E-state index contributed by atoms with van der Waals surface area (Å²) in [7, 11) is 0. The van der Waals surface area contributed by atoms with Gasteiger partial charge >= 0.3 is 0 Å². The molecule has 1 saturated heterocycles. The summed E-state index contributed by atoms with van der Waals surface area (Å²) in [5, 5.41) is 8.91. The van der Waals surface area contributed by atoms with Gasteiger partial charge in [-0.2, -0.15) is 5.26 Å². The highest BCUT2D eigenvalue weighted by atomic mass is 16.3. The van der Waals surface area contributed by atoms with E-state index in [2.05, 4.69) is 6.07 Å². The van der Waals surface area contributed by atoms with E-state index in [1.165, 1.54) is 0 Å². The molecule has 0 radical (unpaired) electrons. The van der Waals surface area contributed by atoms with Crippen molar-refractivity contribution in [1.82, 2.24) is 4.90 Å². The van der Waals surface area contributed by atoms with Gasteiger partial charge in [0.25, 0.3) is 5.91 Å². The van der Waals surface area contributed by atoms with Gasteiger partial charge in [0.05, 0.1) is 17.6 Å². The Morgan fingerprint density at radius 2 is 2.35 bits per heavy atom. The first kappa shape index (κ1) is 11.7. The third-order valence-electron chi connectivity index (χ3n) is 3.16. The van der Waals surface area contributed by atoms with E-state index in [0.29, 0.717) is 17.9 Å². The number of furan rings is 1. The molecule has 1 fully saturated rings. The van der Waals surface area contributed by atoms with E-state index >= 15 is 0 Å². The van der Waals surface area contributed by atoms with Crippen molar-refractivity contribution in [3.8, 4) is 6.07 Å². The Hall–Kier alpha value is -1.76. The van der Waals surface area contributed by atoms with Crippen LogP contribution in [-0.4, -0.2) is 23.9 Å². The summed E-state index contributed by atoms with van der Waals surface area (Å²) in [5.74, 6) is 1.37. The Labute approximate surface area is 101 Å². The number of amides is 1. The van der Waals surface area contributed by atoms with Crippen LogP contribution in [0, 0.1) is 31.1 Å². The molecule has 1 unspecified atom stereocenters. The summed E-state index contributed by atoms with van der Waals surface area (Å²) in [4.78, 5) is 14.0. The molecule has 1 amide bonds. The molecule has 0 saturated carbocycles. The van der Waals surface area contributed by atoms with Gasteiger partial charge in [-0.3, -0.25) is 4.79 Å². The monoisotopic (exact) mass is 232 g/mol. The lowest BCUT2D eigenvalue weighted by molar-refractivity contribution is 0.0697. The summed E-state index contributed by atoms with van der Waals surface area (Å²) in [6, 6.07) is 4.01. The van der Waals surface area contributed by atoms with E-state index in [-0.39, 0.29) is 11.8 Å². The average molecular weight is 232 g/mol. The predicted octanol–water partition coefficient (Wildman–Crippen LogP) is 2.27. The highest BCUT2D eigenvalue weighted by Crippen LogP contribution is 2.21. The lowest BCUT2D eigenvalue weighted by atomic mass is 9.99. The van der Waals surface area contributed by atoms with Gasteiger partial charge in [-0.25, -0.2) is 0 Å². The SMILES string of the molecule is Cc1cc(C(=O)N2CCCC(C#N)C2)c(C)o1. The zero-order chi connectivity index (χ0) is 12.4. The van der Waals surface area contributed by atoms with Crippen molar-refractivity contribution in [3.05, 3.63) is 23.2 Å². The minimum Gasteiger partial charge on any atom is -0.466 e. The molecule has 4 nitrogen and oxygen atoms in total. The fourth-order valence-electron chi connectivity index (χ4n) is 2.28. The van der Waals surface area contributed by atoms with Crippen molar-refractivity contribution in [2.75, 3.05) is 13.1 Å². The first-order valence-corrected chi connectivity index (χ1v) is 5.87. The van der Waals surface area contributed by atoms with E-state index in [9.17, 15) is 4.79 Å². The van der Waals surface area contributed by atoms with Gasteiger partial charge in [-0.1, -0.05) is 0 Å². The highest BCUT2D eigenvalue weighted by molar-refractivity contribution is 5.95. The molecule has 0 aliphatic carbocycles. The number of carbonyl (C=O) groups is 1. The lowest BCUT2D eigenvalue weighted by Gasteiger charge is -2.29. The average Bonchev–Trinajstić information content (AvgIpc) is 2.67. The van der Waals surface area contributed by atoms with Crippen molar-refractivity contribution in [2.24, 2.45) is 5.92 Å². The quantitative estimate of drug-likeness (QED) is 0.746. The van der Waals surface area contributed by atoms with Crippen molar-refractivity contribution >= 4 is 5.91 Å². The van der Waals surface area contributed by atoms with E-state index in [4.69, 9.17) is 9.68 Å². The number of aryl methyl sites for hydroxylation is 2. The van der Waals surface area contributed by atoms with Crippen molar-refractivity contribution in [1.29, 1.82) is 5.26 Å². The van der Waals surface area contributed by atoms with Crippen LogP contribution in [-0.2, 0) is 0 Å². The zero-order valence-electron chi connectivity index (χ0n) is 10.2. The molecule has 1 aromatic rings. The third-order valence-corrected chi connectivity index (χ3v) is 3.16. The molecule has 1 aliphatic rings. The second-order valence-corrected chi connectivity index (χ2v) is 4.55. The molecule has 1 aromatic heterocycles. The maximum atomic E-state index is 12.3. The number of rotatable bonds is 1. The van der Waals surface area contributed by atoms with Gasteiger partial charge < -0.3 is 9.32 Å². The van der Waals surface area contributed by atoms with E-state index in [1.807, 2.05) is 6.92 Å². The fourth-order valence-corrected chi connectivity index (χ4v) is 2.28. The molecule has 0 N–H and O–H groups in total. The number of likely N-dealkylation sites (tertiary alicyclic amines) is 1. The number of piperidine rings is 1. The summed E-state index contributed by atoms with van der Waals surface area (Å²) in [6.07, 6.45) is 1.80. The van der Waals surface area contributed by atoms with Gasteiger partial charge in [0.2, 0.25) is 0 Å². The topological polar surface area (TPSA) is 57.2 Å². The standard InChI is InChI=1S/C13H16N2O2/c1-9-6-12(10(2)17-9)13(16)15-5-3-4-11(7-14)8-15/h6,11H,3-5,8H2,1-2H3. The Kier molecular flexibility index (Phi) is 3.19. The number of carbonyl (C=O) groups excluding carboxylic acids is 1. The van der Waals surface area contributed by atoms with E-state index < -0.39 is 0 Å². The molecule has 17 heavy (non-hydrogen) atoms. The maximum absolute atomic E-state index is 12.3. The summed E-state index contributed by atoms with van der Waals surface area (Å²) < 4.78 is 5.37. The van der Waals surface area contributed by atoms with Crippen LogP contribution in [0.25, 0.3) is 0 Å². The van der Waals surface area contributed by atoms with Crippen LogP contribution in [0.2, 0.25) is 0 Å². The maximum Gasteiger partial charge on any atom is 0.257 e. The largest absolute Gasteiger partial charge is 0.466 e.